The standard InChI is InChI=1S/C18H27NO5/c1-6-11-23-14-9-7-13(8-10-14)12-15(16(20)22-5)19-17(21)24-18(2,3)4/h7-10,15H,6,11-12H2,1-5H3,(H,19,21)/t15-/m0/s1. The lowest BCUT2D eigenvalue weighted by molar-refractivity contribution is -0.143. The number of ether oxygens (including phenoxy) is 3. The summed E-state index contributed by atoms with van der Waals surface area (Å²) < 4.78 is 15.5. The molecule has 1 atom stereocenters. The average Bonchev–Trinajstić information content (AvgIpc) is 2.51. The van der Waals surface area contributed by atoms with Crippen LogP contribution >= 0.6 is 0 Å². The van der Waals surface area contributed by atoms with Crippen molar-refractivity contribution in [2.75, 3.05) is 13.7 Å². The molecule has 1 aromatic carbocycles. The van der Waals surface area contributed by atoms with E-state index >= 15 is 0 Å². The summed E-state index contributed by atoms with van der Waals surface area (Å²) in [6.45, 7) is 7.97. The molecule has 1 N–H and O–H groups in total. The van der Waals surface area contributed by atoms with Crippen LogP contribution < -0.4 is 10.1 Å². The summed E-state index contributed by atoms with van der Waals surface area (Å²) in [5.74, 6) is 0.252. The largest absolute Gasteiger partial charge is 0.494 e. The highest BCUT2D eigenvalue weighted by Gasteiger charge is 2.25. The van der Waals surface area contributed by atoms with E-state index in [1.165, 1.54) is 7.11 Å². The van der Waals surface area contributed by atoms with E-state index in [9.17, 15) is 9.59 Å². The predicted octanol–water partition coefficient (Wildman–Crippen LogP) is 3.08. The molecule has 134 valence electrons. The SMILES string of the molecule is CCCOc1ccc(C[C@H](NC(=O)OC(C)(C)C)C(=O)OC)cc1. The second kappa shape index (κ2) is 9.15. The van der Waals surface area contributed by atoms with Crippen molar-refractivity contribution in [1.29, 1.82) is 0 Å². The van der Waals surface area contributed by atoms with E-state index in [-0.39, 0.29) is 0 Å². The number of carbonyl (C=O) groups is 2. The molecule has 0 bridgehead atoms. The third-order valence-corrected chi connectivity index (χ3v) is 3.01. The maximum Gasteiger partial charge on any atom is 0.408 e. The minimum Gasteiger partial charge on any atom is -0.494 e. The summed E-state index contributed by atoms with van der Waals surface area (Å²) in [4.78, 5) is 23.8. The van der Waals surface area contributed by atoms with Crippen molar-refractivity contribution < 1.29 is 23.8 Å². The van der Waals surface area contributed by atoms with Crippen LogP contribution in [0.2, 0.25) is 0 Å². The third-order valence-electron chi connectivity index (χ3n) is 3.01. The van der Waals surface area contributed by atoms with E-state index < -0.39 is 23.7 Å². The Morgan fingerprint density at radius 3 is 2.29 bits per heavy atom. The molecule has 0 saturated carbocycles. The van der Waals surface area contributed by atoms with Crippen molar-refractivity contribution in [3.8, 4) is 5.75 Å². The van der Waals surface area contributed by atoms with Crippen LogP contribution in [0.3, 0.4) is 0 Å². The van der Waals surface area contributed by atoms with Gasteiger partial charge in [-0.25, -0.2) is 9.59 Å². The van der Waals surface area contributed by atoms with Crippen molar-refractivity contribution in [2.45, 2.75) is 52.2 Å². The van der Waals surface area contributed by atoms with Crippen LogP contribution in [0, 0.1) is 0 Å². The molecule has 0 aliphatic rings. The van der Waals surface area contributed by atoms with Gasteiger partial charge >= 0.3 is 12.1 Å². The summed E-state index contributed by atoms with van der Waals surface area (Å²) in [5.41, 5.74) is 0.244. The smallest absolute Gasteiger partial charge is 0.408 e. The van der Waals surface area contributed by atoms with Gasteiger partial charge in [0.05, 0.1) is 13.7 Å². The first-order valence-corrected chi connectivity index (χ1v) is 8.04. The van der Waals surface area contributed by atoms with Gasteiger partial charge in [-0.15, -0.1) is 0 Å². The van der Waals surface area contributed by atoms with E-state index in [0.29, 0.717) is 13.0 Å². The van der Waals surface area contributed by atoms with Crippen molar-refractivity contribution in [1.82, 2.24) is 5.32 Å². The Hall–Kier alpha value is -2.24. The molecular formula is C18H27NO5. The van der Waals surface area contributed by atoms with Gasteiger partial charge in [0.1, 0.15) is 17.4 Å². The first-order chi connectivity index (χ1) is 11.2. The summed E-state index contributed by atoms with van der Waals surface area (Å²) >= 11 is 0. The normalized spacial score (nSPS) is 12.2. The third kappa shape index (κ3) is 7.35. The zero-order valence-corrected chi connectivity index (χ0v) is 15.0. The quantitative estimate of drug-likeness (QED) is 0.774. The molecule has 0 aliphatic carbocycles. The topological polar surface area (TPSA) is 73.9 Å². The van der Waals surface area contributed by atoms with Crippen LogP contribution in [0.1, 0.15) is 39.7 Å². The zero-order valence-electron chi connectivity index (χ0n) is 15.0. The maximum atomic E-state index is 11.9. The van der Waals surface area contributed by atoms with Crippen LogP contribution in [0.5, 0.6) is 5.75 Å². The van der Waals surface area contributed by atoms with Gasteiger partial charge in [-0.1, -0.05) is 19.1 Å². The molecule has 0 radical (unpaired) electrons. The lowest BCUT2D eigenvalue weighted by Crippen LogP contribution is -2.45. The molecule has 0 aliphatic heterocycles. The van der Waals surface area contributed by atoms with E-state index in [2.05, 4.69) is 5.32 Å². The molecule has 6 heteroatoms. The Balaban J connectivity index is 2.72. The van der Waals surface area contributed by atoms with Gasteiger partial charge in [-0.2, -0.15) is 0 Å². The molecule has 24 heavy (non-hydrogen) atoms. The van der Waals surface area contributed by atoms with Gasteiger partial charge < -0.3 is 19.5 Å². The Kier molecular flexibility index (Phi) is 7.55. The first-order valence-electron chi connectivity index (χ1n) is 8.04. The van der Waals surface area contributed by atoms with E-state index in [1.54, 1.807) is 20.8 Å². The van der Waals surface area contributed by atoms with Crippen LogP contribution in [0.15, 0.2) is 24.3 Å². The number of rotatable bonds is 7. The second-order valence-electron chi connectivity index (χ2n) is 6.42. The molecule has 1 rings (SSSR count). The highest BCUT2D eigenvalue weighted by Crippen LogP contribution is 2.14. The number of methoxy groups -OCH3 is 1. The fourth-order valence-corrected chi connectivity index (χ4v) is 1.96. The monoisotopic (exact) mass is 337 g/mol. The van der Waals surface area contributed by atoms with Crippen LogP contribution in [0.25, 0.3) is 0 Å². The molecule has 0 aromatic heterocycles. The van der Waals surface area contributed by atoms with Gasteiger partial charge in [0.25, 0.3) is 0 Å². The molecule has 1 aromatic rings. The number of benzene rings is 1. The molecule has 0 unspecified atom stereocenters. The Morgan fingerprint density at radius 2 is 1.79 bits per heavy atom. The summed E-state index contributed by atoms with van der Waals surface area (Å²) in [7, 11) is 1.29. The first kappa shape index (κ1) is 19.8. The van der Waals surface area contributed by atoms with E-state index in [0.717, 1.165) is 17.7 Å². The van der Waals surface area contributed by atoms with Crippen LogP contribution in [-0.2, 0) is 20.7 Å². The molecule has 0 fully saturated rings. The number of hydrogen-bond donors (Lipinski definition) is 1. The second-order valence-corrected chi connectivity index (χ2v) is 6.42. The maximum absolute atomic E-state index is 11.9. The number of nitrogens with one attached hydrogen (secondary N) is 1. The summed E-state index contributed by atoms with van der Waals surface area (Å²) in [6, 6.07) is 6.59. The minimum absolute atomic E-state index is 0.306. The van der Waals surface area contributed by atoms with Crippen molar-refractivity contribution in [3.05, 3.63) is 29.8 Å². The fraction of sp³-hybridized carbons (Fsp3) is 0.556. The highest BCUT2D eigenvalue weighted by molar-refractivity contribution is 5.81. The Morgan fingerprint density at radius 1 is 1.17 bits per heavy atom. The van der Waals surface area contributed by atoms with E-state index in [4.69, 9.17) is 14.2 Å². The lowest BCUT2D eigenvalue weighted by atomic mass is 10.1. The lowest BCUT2D eigenvalue weighted by Gasteiger charge is -2.22. The van der Waals surface area contributed by atoms with Crippen molar-refractivity contribution in [3.63, 3.8) is 0 Å². The minimum atomic E-state index is -0.813. The number of amides is 1. The van der Waals surface area contributed by atoms with Crippen molar-refractivity contribution in [2.24, 2.45) is 0 Å². The zero-order chi connectivity index (χ0) is 18.2. The predicted molar refractivity (Wildman–Crippen MR) is 91.1 cm³/mol. The van der Waals surface area contributed by atoms with Gasteiger partial charge in [0.2, 0.25) is 0 Å². The van der Waals surface area contributed by atoms with Crippen LogP contribution in [0.4, 0.5) is 4.79 Å². The van der Waals surface area contributed by atoms with E-state index in [1.807, 2.05) is 31.2 Å². The van der Waals surface area contributed by atoms with Gasteiger partial charge in [-0.3, -0.25) is 0 Å². The molecule has 1 amide bonds. The van der Waals surface area contributed by atoms with Gasteiger partial charge in [0.15, 0.2) is 0 Å². The molecule has 0 heterocycles. The van der Waals surface area contributed by atoms with Gasteiger partial charge in [0, 0.05) is 6.42 Å². The summed E-state index contributed by atoms with van der Waals surface area (Å²) in [5, 5.41) is 2.55. The fourth-order valence-electron chi connectivity index (χ4n) is 1.96. The summed E-state index contributed by atoms with van der Waals surface area (Å²) in [6.07, 6.45) is 0.590. The Labute approximate surface area is 143 Å². The van der Waals surface area contributed by atoms with Crippen LogP contribution in [-0.4, -0.2) is 37.4 Å². The number of hydrogen-bond acceptors (Lipinski definition) is 5. The molecule has 6 nitrogen and oxygen atoms in total. The highest BCUT2D eigenvalue weighted by atomic mass is 16.6. The number of esters is 1. The number of alkyl carbamates (subject to hydrolysis) is 1. The Bertz CT molecular complexity index is 533. The number of carbonyl (C=O) groups excluding carboxylic acids is 2. The van der Waals surface area contributed by atoms with Gasteiger partial charge in [-0.05, 0) is 44.9 Å². The average molecular weight is 337 g/mol. The van der Waals surface area contributed by atoms with Crippen molar-refractivity contribution >= 4 is 12.1 Å². The molecular weight excluding hydrogens is 310 g/mol. The molecule has 0 spiro atoms. The molecule has 0 saturated heterocycles.